The van der Waals surface area contributed by atoms with Crippen molar-refractivity contribution in [3.8, 4) is 0 Å². The number of furan rings is 1. The van der Waals surface area contributed by atoms with Crippen LogP contribution in [0.2, 0.25) is 5.02 Å². The van der Waals surface area contributed by atoms with Crippen molar-refractivity contribution in [3.63, 3.8) is 0 Å². The van der Waals surface area contributed by atoms with Crippen molar-refractivity contribution in [2.75, 3.05) is 0 Å². The van der Waals surface area contributed by atoms with Gasteiger partial charge in [-0.1, -0.05) is 11.6 Å². The molecule has 0 N–H and O–H groups in total. The van der Waals surface area contributed by atoms with Crippen molar-refractivity contribution in [1.29, 1.82) is 0 Å². The Bertz CT molecular complexity index is 518. The molecule has 1 aromatic carbocycles. The maximum Gasteiger partial charge on any atom is 0.417 e. The van der Waals surface area contributed by atoms with Gasteiger partial charge in [0, 0.05) is 5.39 Å². The average molecular weight is 346 g/mol. The maximum absolute atomic E-state index is 12.6. The van der Waals surface area contributed by atoms with Crippen LogP contribution in [0.4, 0.5) is 13.2 Å². The zero-order valence-electron chi connectivity index (χ0n) is 7.03. The molecule has 1 aromatic heterocycles. The van der Waals surface area contributed by atoms with Gasteiger partial charge in [0.25, 0.3) is 0 Å². The van der Waals surface area contributed by atoms with Gasteiger partial charge in [0.1, 0.15) is 5.58 Å². The summed E-state index contributed by atoms with van der Waals surface area (Å²) in [6.07, 6.45) is -3.20. The van der Waals surface area contributed by atoms with Gasteiger partial charge in [0.05, 0.1) is 20.4 Å². The molecule has 0 aliphatic carbocycles. The zero-order chi connectivity index (χ0) is 11.2. The smallest absolute Gasteiger partial charge is 0.417 e. The van der Waals surface area contributed by atoms with Crippen LogP contribution in [0.5, 0.6) is 0 Å². The maximum atomic E-state index is 12.6. The average Bonchev–Trinajstić information content (AvgIpc) is 2.57. The first-order valence-corrected chi connectivity index (χ1v) is 5.29. The van der Waals surface area contributed by atoms with E-state index in [9.17, 15) is 13.2 Å². The van der Waals surface area contributed by atoms with Gasteiger partial charge in [-0.2, -0.15) is 13.2 Å². The van der Waals surface area contributed by atoms with Crippen molar-refractivity contribution in [3.05, 3.63) is 32.6 Å². The van der Waals surface area contributed by atoms with E-state index >= 15 is 0 Å². The van der Waals surface area contributed by atoms with Crippen LogP contribution in [-0.4, -0.2) is 0 Å². The molecular weight excluding hydrogens is 343 g/mol. The van der Waals surface area contributed by atoms with Gasteiger partial charge in [-0.25, -0.2) is 0 Å². The summed E-state index contributed by atoms with van der Waals surface area (Å²) in [5, 5.41) is 0.0849. The first kappa shape index (κ1) is 11.1. The van der Waals surface area contributed by atoms with Crippen LogP contribution in [0, 0.1) is 3.57 Å². The van der Waals surface area contributed by atoms with Gasteiger partial charge in [0.2, 0.25) is 0 Å². The standard InChI is InChI=1S/C9H3ClF3IO/c10-6-3-5(9(11,12)13)4-1-2-15-8(4)7(6)14/h1-3H. The van der Waals surface area contributed by atoms with Gasteiger partial charge in [-0.15, -0.1) is 0 Å². The van der Waals surface area contributed by atoms with Crippen molar-refractivity contribution < 1.29 is 17.6 Å². The summed E-state index contributed by atoms with van der Waals surface area (Å²) in [5.41, 5.74) is -0.591. The molecule has 0 unspecified atom stereocenters. The highest BCUT2D eigenvalue weighted by Gasteiger charge is 2.34. The minimum absolute atomic E-state index is 0.0382. The lowest BCUT2D eigenvalue weighted by Gasteiger charge is -2.09. The Morgan fingerprint density at radius 2 is 2.00 bits per heavy atom. The summed E-state index contributed by atoms with van der Waals surface area (Å²) in [5.74, 6) is 0. The Hall–Kier alpha value is -0.430. The third kappa shape index (κ3) is 1.82. The summed E-state index contributed by atoms with van der Waals surface area (Å²) >= 11 is 7.54. The monoisotopic (exact) mass is 346 g/mol. The van der Waals surface area contributed by atoms with Gasteiger partial charge >= 0.3 is 6.18 Å². The summed E-state index contributed by atoms with van der Waals surface area (Å²) in [7, 11) is 0. The minimum atomic E-state index is -4.42. The fourth-order valence-electron chi connectivity index (χ4n) is 1.30. The number of halogens is 5. The number of rotatable bonds is 0. The lowest BCUT2D eigenvalue weighted by Crippen LogP contribution is -2.05. The normalized spacial score (nSPS) is 12.3. The Labute approximate surface area is 101 Å². The van der Waals surface area contributed by atoms with Crippen LogP contribution in [0.25, 0.3) is 11.0 Å². The molecule has 2 aromatic rings. The van der Waals surface area contributed by atoms with Gasteiger partial charge in [0.15, 0.2) is 0 Å². The van der Waals surface area contributed by atoms with Crippen LogP contribution in [0.15, 0.2) is 22.8 Å². The molecule has 80 valence electrons. The number of hydrogen-bond acceptors (Lipinski definition) is 1. The fraction of sp³-hybridized carbons (Fsp3) is 0.111. The van der Waals surface area contributed by atoms with E-state index in [-0.39, 0.29) is 16.0 Å². The Balaban J connectivity index is 2.86. The molecule has 0 amide bonds. The number of hydrogen-bond donors (Lipinski definition) is 0. The van der Waals surface area contributed by atoms with E-state index in [1.165, 1.54) is 12.3 Å². The second-order valence-corrected chi connectivity index (χ2v) is 4.37. The van der Waals surface area contributed by atoms with Crippen molar-refractivity contribution in [2.45, 2.75) is 6.18 Å². The molecule has 0 saturated carbocycles. The SMILES string of the molecule is FC(F)(F)c1cc(Cl)c(I)c2occc12. The van der Waals surface area contributed by atoms with E-state index in [2.05, 4.69) is 0 Å². The van der Waals surface area contributed by atoms with E-state index in [1.807, 2.05) is 22.6 Å². The predicted molar refractivity (Wildman–Crippen MR) is 58.9 cm³/mol. The molecule has 0 bridgehead atoms. The van der Waals surface area contributed by atoms with Crippen molar-refractivity contribution in [1.82, 2.24) is 0 Å². The molecule has 0 saturated heterocycles. The van der Waals surface area contributed by atoms with E-state index in [0.29, 0.717) is 3.57 Å². The number of benzene rings is 1. The van der Waals surface area contributed by atoms with Crippen LogP contribution in [0.1, 0.15) is 5.56 Å². The number of fused-ring (bicyclic) bond motifs is 1. The second-order valence-electron chi connectivity index (χ2n) is 2.88. The Morgan fingerprint density at radius 1 is 1.33 bits per heavy atom. The summed E-state index contributed by atoms with van der Waals surface area (Å²) < 4.78 is 43.3. The van der Waals surface area contributed by atoms with Gasteiger partial charge in [-0.3, -0.25) is 0 Å². The predicted octanol–water partition coefficient (Wildman–Crippen LogP) is 4.71. The summed E-state index contributed by atoms with van der Waals surface area (Å²) in [6, 6.07) is 2.21. The molecule has 2 rings (SSSR count). The molecule has 0 atom stereocenters. The molecule has 1 heterocycles. The molecule has 0 aliphatic heterocycles. The van der Waals surface area contributed by atoms with Gasteiger partial charge in [-0.05, 0) is 34.7 Å². The molecule has 0 aliphatic rings. The third-order valence-electron chi connectivity index (χ3n) is 1.94. The van der Waals surface area contributed by atoms with E-state index in [4.69, 9.17) is 16.0 Å². The van der Waals surface area contributed by atoms with Crippen LogP contribution < -0.4 is 0 Å². The first-order chi connectivity index (χ1) is 6.91. The van der Waals surface area contributed by atoms with Crippen LogP contribution in [0.3, 0.4) is 0 Å². The topological polar surface area (TPSA) is 13.1 Å². The molecule has 6 heteroatoms. The molecular formula is C9H3ClF3IO. The highest BCUT2D eigenvalue weighted by molar-refractivity contribution is 14.1. The summed E-state index contributed by atoms with van der Waals surface area (Å²) in [4.78, 5) is 0. The lowest BCUT2D eigenvalue weighted by atomic mass is 10.1. The quantitative estimate of drug-likeness (QED) is 0.630. The van der Waals surface area contributed by atoms with E-state index < -0.39 is 11.7 Å². The van der Waals surface area contributed by atoms with E-state index in [0.717, 1.165) is 6.07 Å². The highest BCUT2D eigenvalue weighted by Crippen LogP contribution is 2.39. The van der Waals surface area contributed by atoms with Crippen molar-refractivity contribution in [2.24, 2.45) is 0 Å². The van der Waals surface area contributed by atoms with Gasteiger partial charge < -0.3 is 4.42 Å². The largest absolute Gasteiger partial charge is 0.463 e. The minimum Gasteiger partial charge on any atom is -0.463 e. The second kappa shape index (κ2) is 3.55. The lowest BCUT2D eigenvalue weighted by molar-refractivity contribution is -0.136. The molecule has 0 spiro atoms. The highest BCUT2D eigenvalue weighted by atomic mass is 127. The zero-order valence-corrected chi connectivity index (χ0v) is 9.94. The fourth-order valence-corrected chi connectivity index (χ4v) is 2.07. The Morgan fingerprint density at radius 3 is 2.60 bits per heavy atom. The molecule has 0 radical (unpaired) electrons. The summed E-state index contributed by atoms with van der Waals surface area (Å²) in [6.45, 7) is 0. The molecule has 1 nitrogen and oxygen atoms in total. The van der Waals surface area contributed by atoms with Crippen molar-refractivity contribution >= 4 is 45.2 Å². The number of alkyl halides is 3. The van der Waals surface area contributed by atoms with Crippen LogP contribution in [-0.2, 0) is 6.18 Å². The third-order valence-corrected chi connectivity index (χ3v) is 3.63. The molecule has 0 fully saturated rings. The molecule has 15 heavy (non-hydrogen) atoms. The van der Waals surface area contributed by atoms with E-state index in [1.54, 1.807) is 0 Å². The Kier molecular flexibility index (Phi) is 2.62. The van der Waals surface area contributed by atoms with Crippen LogP contribution >= 0.6 is 34.2 Å². The first-order valence-electron chi connectivity index (χ1n) is 3.83.